The SMILES string of the molecule is O=C1CCCC(N2C(=O)OCc3cc([N+](=O)[O-])ccc32)C(=O)N1. The van der Waals surface area contributed by atoms with Crippen LogP contribution in [0.15, 0.2) is 18.2 Å². The maximum atomic E-state index is 12.2. The summed E-state index contributed by atoms with van der Waals surface area (Å²) in [4.78, 5) is 47.2. The minimum atomic E-state index is -0.880. The number of fused-ring (bicyclic) bond motifs is 1. The molecule has 0 aliphatic carbocycles. The maximum Gasteiger partial charge on any atom is 0.415 e. The van der Waals surface area contributed by atoms with Crippen molar-refractivity contribution in [1.29, 1.82) is 0 Å². The number of amides is 3. The fraction of sp³-hybridized carbons (Fsp3) is 0.357. The van der Waals surface area contributed by atoms with E-state index in [0.29, 0.717) is 24.1 Å². The summed E-state index contributed by atoms with van der Waals surface area (Å²) in [6.07, 6.45) is 0.260. The molecule has 1 fully saturated rings. The monoisotopic (exact) mass is 319 g/mol. The van der Waals surface area contributed by atoms with Crippen molar-refractivity contribution in [2.24, 2.45) is 0 Å². The van der Waals surface area contributed by atoms with Gasteiger partial charge in [0.2, 0.25) is 11.8 Å². The molecule has 0 aromatic heterocycles. The van der Waals surface area contributed by atoms with E-state index in [1.54, 1.807) is 0 Å². The summed E-state index contributed by atoms with van der Waals surface area (Å²) in [6, 6.07) is 3.13. The fourth-order valence-electron chi connectivity index (χ4n) is 2.76. The number of rotatable bonds is 2. The Morgan fingerprint density at radius 3 is 2.83 bits per heavy atom. The lowest BCUT2D eigenvalue weighted by atomic mass is 10.0. The van der Waals surface area contributed by atoms with Gasteiger partial charge in [0.05, 0.1) is 10.6 Å². The number of nitro benzene ring substituents is 1. The molecule has 1 saturated heterocycles. The average Bonchev–Trinajstić information content (AvgIpc) is 2.67. The second-order valence-electron chi connectivity index (χ2n) is 5.32. The number of benzene rings is 1. The molecule has 0 bridgehead atoms. The van der Waals surface area contributed by atoms with Gasteiger partial charge in [0.1, 0.15) is 12.6 Å². The van der Waals surface area contributed by atoms with Crippen molar-refractivity contribution < 1.29 is 24.0 Å². The Hall–Kier alpha value is -2.97. The molecule has 2 aliphatic rings. The van der Waals surface area contributed by atoms with Gasteiger partial charge in [0, 0.05) is 24.1 Å². The molecular formula is C14H13N3O6. The Bertz CT molecular complexity index is 716. The largest absolute Gasteiger partial charge is 0.444 e. The van der Waals surface area contributed by atoms with E-state index >= 15 is 0 Å². The van der Waals surface area contributed by atoms with Crippen LogP contribution in [0.3, 0.4) is 0 Å². The zero-order valence-corrected chi connectivity index (χ0v) is 12.0. The first kappa shape index (κ1) is 14.9. The van der Waals surface area contributed by atoms with E-state index in [9.17, 15) is 24.5 Å². The van der Waals surface area contributed by atoms with Crippen molar-refractivity contribution in [3.63, 3.8) is 0 Å². The fourth-order valence-corrected chi connectivity index (χ4v) is 2.76. The van der Waals surface area contributed by atoms with Crippen molar-refractivity contribution in [3.8, 4) is 0 Å². The third-order valence-electron chi connectivity index (χ3n) is 3.84. The van der Waals surface area contributed by atoms with E-state index in [1.165, 1.54) is 18.2 Å². The number of anilines is 1. The summed E-state index contributed by atoms with van der Waals surface area (Å²) < 4.78 is 5.02. The molecular weight excluding hydrogens is 306 g/mol. The van der Waals surface area contributed by atoms with E-state index in [4.69, 9.17) is 4.74 Å². The summed E-state index contributed by atoms with van der Waals surface area (Å²) in [7, 11) is 0. The van der Waals surface area contributed by atoms with E-state index < -0.39 is 23.0 Å². The Balaban J connectivity index is 1.99. The van der Waals surface area contributed by atoms with E-state index in [1.807, 2.05) is 0 Å². The van der Waals surface area contributed by atoms with Crippen molar-refractivity contribution in [2.45, 2.75) is 31.9 Å². The molecule has 1 atom stereocenters. The van der Waals surface area contributed by atoms with Crippen LogP contribution >= 0.6 is 0 Å². The normalized spacial score (nSPS) is 21.1. The number of nitrogens with one attached hydrogen (secondary N) is 1. The standard InChI is InChI=1S/C14H13N3O6/c18-12-3-1-2-11(13(19)15-12)16-10-5-4-9(17(21)22)6-8(10)7-23-14(16)20/h4-6,11H,1-3,7H2,(H,15,18,19). The molecule has 0 saturated carbocycles. The first-order valence-electron chi connectivity index (χ1n) is 7.04. The van der Waals surface area contributed by atoms with Gasteiger partial charge < -0.3 is 4.74 Å². The quantitative estimate of drug-likeness (QED) is 0.498. The van der Waals surface area contributed by atoms with Crippen LogP contribution < -0.4 is 10.2 Å². The van der Waals surface area contributed by atoms with Gasteiger partial charge in [-0.05, 0) is 18.9 Å². The van der Waals surface area contributed by atoms with Crippen molar-refractivity contribution in [3.05, 3.63) is 33.9 Å². The van der Waals surface area contributed by atoms with Gasteiger partial charge in [0.15, 0.2) is 0 Å². The number of hydrogen-bond donors (Lipinski definition) is 1. The summed E-state index contributed by atoms with van der Waals surface area (Å²) in [5.74, 6) is -0.956. The van der Waals surface area contributed by atoms with Gasteiger partial charge in [-0.25, -0.2) is 4.79 Å². The number of hydrogen-bond acceptors (Lipinski definition) is 6. The number of cyclic esters (lactones) is 1. The van der Waals surface area contributed by atoms with Gasteiger partial charge in [-0.2, -0.15) is 0 Å². The molecule has 3 rings (SSSR count). The van der Waals surface area contributed by atoms with E-state index in [2.05, 4.69) is 5.32 Å². The number of carbonyl (C=O) groups is 3. The lowest BCUT2D eigenvalue weighted by Crippen LogP contribution is -2.51. The molecule has 2 heterocycles. The van der Waals surface area contributed by atoms with Gasteiger partial charge in [0.25, 0.3) is 5.69 Å². The predicted molar refractivity (Wildman–Crippen MR) is 76.5 cm³/mol. The Kier molecular flexibility index (Phi) is 3.68. The third kappa shape index (κ3) is 2.72. The second kappa shape index (κ2) is 5.67. The molecule has 1 unspecified atom stereocenters. The van der Waals surface area contributed by atoms with Crippen LogP contribution in [0.1, 0.15) is 24.8 Å². The minimum absolute atomic E-state index is 0.0976. The Labute approximate surface area is 130 Å². The Morgan fingerprint density at radius 2 is 2.09 bits per heavy atom. The van der Waals surface area contributed by atoms with Crippen molar-refractivity contribution in [2.75, 3.05) is 4.90 Å². The highest BCUT2D eigenvalue weighted by Crippen LogP contribution is 2.33. The van der Waals surface area contributed by atoms with Crippen LogP contribution in [-0.4, -0.2) is 28.9 Å². The minimum Gasteiger partial charge on any atom is -0.444 e. The topological polar surface area (TPSA) is 119 Å². The summed E-state index contributed by atoms with van der Waals surface area (Å²) in [6.45, 7) is -0.0976. The van der Waals surface area contributed by atoms with Crippen LogP contribution in [0, 0.1) is 10.1 Å². The third-order valence-corrected chi connectivity index (χ3v) is 3.84. The number of imide groups is 1. The smallest absolute Gasteiger partial charge is 0.415 e. The van der Waals surface area contributed by atoms with E-state index in [0.717, 1.165) is 4.90 Å². The summed E-state index contributed by atoms with van der Waals surface area (Å²) in [5, 5.41) is 13.1. The van der Waals surface area contributed by atoms with Crippen LogP contribution in [0.2, 0.25) is 0 Å². The van der Waals surface area contributed by atoms with Gasteiger partial charge in [-0.15, -0.1) is 0 Å². The second-order valence-corrected chi connectivity index (χ2v) is 5.32. The highest BCUT2D eigenvalue weighted by Gasteiger charge is 2.38. The van der Waals surface area contributed by atoms with E-state index in [-0.39, 0.29) is 24.6 Å². The molecule has 2 aliphatic heterocycles. The van der Waals surface area contributed by atoms with Crippen LogP contribution in [0.5, 0.6) is 0 Å². The van der Waals surface area contributed by atoms with Crippen LogP contribution in [-0.2, 0) is 20.9 Å². The lowest BCUT2D eigenvalue weighted by Gasteiger charge is -2.33. The summed E-state index contributed by atoms with van der Waals surface area (Å²) >= 11 is 0. The maximum absolute atomic E-state index is 12.2. The zero-order valence-electron chi connectivity index (χ0n) is 12.0. The molecule has 0 spiro atoms. The van der Waals surface area contributed by atoms with Gasteiger partial charge in [-0.1, -0.05) is 0 Å². The van der Waals surface area contributed by atoms with Crippen molar-refractivity contribution in [1.82, 2.24) is 5.32 Å². The molecule has 23 heavy (non-hydrogen) atoms. The highest BCUT2D eigenvalue weighted by molar-refractivity contribution is 6.05. The lowest BCUT2D eigenvalue weighted by molar-refractivity contribution is -0.384. The van der Waals surface area contributed by atoms with Crippen molar-refractivity contribution >= 4 is 29.3 Å². The van der Waals surface area contributed by atoms with Crippen LogP contribution in [0.25, 0.3) is 0 Å². The number of nitro groups is 1. The first-order valence-corrected chi connectivity index (χ1v) is 7.04. The molecule has 3 amide bonds. The zero-order chi connectivity index (χ0) is 16.6. The molecule has 9 heteroatoms. The number of ether oxygens (including phenoxy) is 1. The van der Waals surface area contributed by atoms with Gasteiger partial charge in [-0.3, -0.25) is 29.9 Å². The number of carbonyl (C=O) groups excluding carboxylic acids is 3. The summed E-state index contributed by atoms with van der Waals surface area (Å²) in [5.41, 5.74) is 0.714. The molecule has 1 aromatic rings. The molecule has 120 valence electrons. The number of nitrogens with zero attached hydrogens (tertiary/aromatic N) is 2. The predicted octanol–water partition coefficient (Wildman–Crippen LogP) is 1.25. The van der Waals surface area contributed by atoms with Gasteiger partial charge >= 0.3 is 6.09 Å². The van der Waals surface area contributed by atoms with Crippen LogP contribution in [0.4, 0.5) is 16.2 Å². The highest BCUT2D eigenvalue weighted by atomic mass is 16.6. The number of non-ortho nitro benzene ring substituents is 1. The average molecular weight is 319 g/mol. The Morgan fingerprint density at radius 1 is 1.30 bits per heavy atom. The molecule has 1 N–H and O–H groups in total. The molecule has 0 radical (unpaired) electrons. The first-order chi connectivity index (χ1) is 11.0. The molecule has 1 aromatic carbocycles. The molecule has 9 nitrogen and oxygen atoms in total.